The van der Waals surface area contributed by atoms with Crippen molar-refractivity contribution in [1.82, 2.24) is 0 Å². The van der Waals surface area contributed by atoms with E-state index in [4.69, 9.17) is 5.73 Å². The fourth-order valence-electron chi connectivity index (χ4n) is 5.57. The Bertz CT molecular complexity index is 639. The molecule has 1 fully saturated rings. The van der Waals surface area contributed by atoms with E-state index in [0.717, 1.165) is 36.8 Å². The van der Waals surface area contributed by atoms with Gasteiger partial charge in [-0.25, -0.2) is 0 Å². The van der Waals surface area contributed by atoms with Crippen LogP contribution in [0.3, 0.4) is 0 Å². The van der Waals surface area contributed by atoms with Crippen LogP contribution in [0.5, 0.6) is 11.5 Å². The molecule has 0 saturated heterocycles. The largest absolute Gasteiger partial charge is 0.508 e. The summed E-state index contributed by atoms with van der Waals surface area (Å²) in [6.45, 7) is 9.24. The molecule has 1 saturated carbocycles. The molecule has 4 unspecified atom stereocenters. The van der Waals surface area contributed by atoms with E-state index >= 15 is 0 Å². The van der Waals surface area contributed by atoms with Crippen LogP contribution >= 0.6 is 0 Å². The van der Waals surface area contributed by atoms with Gasteiger partial charge in [0.2, 0.25) is 0 Å². The van der Waals surface area contributed by atoms with E-state index in [2.05, 4.69) is 27.7 Å². The van der Waals surface area contributed by atoms with E-state index < -0.39 is 0 Å². The van der Waals surface area contributed by atoms with Gasteiger partial charge in [0.05, 0.1) is 0 Å². The average molecular weight is 346 g/mol. The normalized spacial score (nSPS) is 30.0. The molecule has 25 heavy (non-hydrogen) atoms. The summed E-state index contributed by atoms with van der Waals surface area (Å²) in [7, 11) is 0. The van der Waals surface area contributed by atoms with Crippen molar-refractivity contribution in [3.63, 3.8) is 0 Å². The summed E-state index contributed by atoms with van der Waals surface area (Å²) in [5.41, 5.74) is 9.00. The second-order valence-corrected chi connectivity index (χ2v) is 9.36. The van der Waals surface area contributed by atoms with Crippen LogP contribution in [-0.2, 0) is 11.8 Å². The molecule has 4 N–H and O–H groups in total. The van der Waals surface area contributed by atoms with E-state index in [1.54, 1.807) is 0 Å². The quantitative estimate of drug-likeness (QED) is 0.713. The zero-order chi connectivity index (χ0) is 18.4. The first-order valence-corrected chi connectivity index (χ1v) is 10.0. The van der Waals surface area contributed by atoms with Gasteiger partial charge in [-0.05, 0) is 66.4 Å². The van der Waals surface area contributed by atoms with Crippen LogP contribution in [0.4, 0.5) is 0 Å². The molecule has 0 radical (unpaired) electrons. The Morgan fingerprint density at radius 2 is 2.04 bits per heavy atom. The van der Waals surface area contributed by atoms with Crippen molar-refractivity contribution in [2.45, 2.75) is 84.1 Å². The van der Waals surface area contributed by atoms with Crippen LogP contribution in [-0.4, -0.2) is 16.3 Å². The van der Waals surface area contributed by atoms with Gasteiger partial charge in [0.25, 0.3) is 0 Å². The maximum Gasteiger partial charge on any atom is 0.123 e. The van der Waals surface area contributed by atoms with Crippen LogP contribution in [0.2, 0.25) is 0 Å². The molecule has 3 rings (SSSR count). The molecule has 0 aromatic heterocycles. The molecule has 3 heteroatoms. The monoisotopic (exact) mass is 345 g/mol. The van der Waals surface area contributed by atoms with Gasteiger partial charge in [-0.2, -0.15) is 0 Å². The molecule has 4 atom stereocenters. The maximum atomic E-state index is 10.4. The van der Waals surface area contributed by atoms with E-state index in [0.29, 0.717) is 11.8 Å². The van der Waals surface area contributed by atoms with Crippen molar-refractivity contribution in [1.29, 1.82) is 0 Å². The SMILES string of the molecule is CCCCC(N)C(C)(C)C1CCC2(C)c3c(O)cc(O)cc3CC2C1. The lowest BCUT2D eigenvalue weighted by molar-refractivity contribution is 0.0601. The topological polar surface area (TPSA) is 66.5 Å². The zero-order valence-electron chi connectivity index (χ0n) is 16.3. The summed E-state index contributed by atoms with van der Waals surface area (Å²) in [5.74, 6) is 1.61. The van der Waals surface area contributed by atoms with Gasteiger partial charge in [-0.1, -0.05) is 40.5 Å². The molecule has 0 heterocycles. The van der Waals surface area contributed by atoms with E-state index in [1.165, 1.54) is 25.3 Å². The fourth-order valence-corrected chi connectivity index (χ4v) is 5.57. The number of rotatable bonds is 5. The number of unbranched alkanes of at least 4 members (excludes halogenated alkanes) is 1. The minimum Gasteiger partial charge on any atom is -0.508 e. The molecule has 0 bridgehead atoms. The third kappa shape index (κ3) is 3.05. The number of hydrogen-bond acceptors (Lipinski definition) is 3. The highest BCUT2D eigenvalue weighted by atomic mass is 16.3. The lowest BCUT2D eigenvalue weighted by Crippen LogP contribution is -2.47. The third-order valence-corrected chi connectivity index (χ3v) is 7.58. The second-order valence-electron chi connectivity index (χ2n) is 9.36. The van der Waals surface area contributed by atoms with Gasteiger partial charge in [-0.15, -0.1) is 0 Å². The number of hydrogen-bond donors (Lipinski definition) is 3. The summed E-state index contributed by atoms with van der Waals surface area (Å²) in [6.07, 6.45) is 7.90. The molecule has 0 aliphatic heterocycles. The number of fused-ring (bicyclic) bond motifs is 3. The van der Waals surface area contributed by atoms with Gasteiger partial charge in [-0.3, -0.25) is 0 Å². The van der Waals surface area contributed by atoms with Crippen molar-refractivity contribution in [2.24, 2.45) is 23.0 Å². The summed E-state index contributed by atoms with van der Waals surface area (Å²) >= 11 is 0. The van der Waals surface area contributed by atoms with Gasteiger partial charge in [0.1, 0.15) is 11.5 Å². The minimum absolute atomic E-state index is 0.0349. The Hall–Kier alpha value is -1.22. The second kappa shape index (κ2) is 6.50. The number of phenolic OH excluding ortho intramolecular Hbond substituents is 2. The minimum atomic E-state index is 0.0349. The standard InChI is InChI=1S/C22H35NO2/c1-5-6-7-19(23)21(2,3)15-8-9-22(4)16(12-15)10-14-11-17(24)13-18(25)20(14)22/h11,13,15-16,19,24-25H,5-10,12,23H2,1-4H3. The van der Waals surface area contributed by atoms with Gasteiger partial charge in [0, 0.05) is 17.7 Å². The van der Waals surface area contributed by atoms with Gasteiger partial charge in [0.15, 0.2) is 0 Å². The number of benzene rings is 1. The molecule has 0 spiro atoms. The van der Waals surface area contributed by atoms with E-state index in [-0.39, 0.29) is 28.4 Å². The molecule has 1 aromatic carbocycles. The van der Waals surface area contributed by atoms with Crippen molar-refractivity contribution in [2.75, 3.05) is 0 Å². The van der Waals surface area contributed by atoms with Gasteiger partial charge < -0.3 is 15.9 Å². The number of nitrogens with two attached hydrogens (primary N) is 1. The van der Waals surface area contributed by atoms with Crippen LogP contribution < -0.4 is 5.73 Å². The van der Waals surface area contributed by atoms with E-state index in [9.17, 15) is 10.2 Å². The Morgan fingerprint density at radius 1 is 1.32 bits per heavy atom. The predicted octanol–water partition coefficient (Wildman–Crippen LogP) is 4.87. The Labute approximate surface area is 152 Å². The maximum absolute atomic E-state index is 10.4. The highest BCUT2D eigenvalue weighted by molar-refractivity contribution is 5.53. The summed E-state index contributed by atoms with van der Waals surface area (Å²) < 4.78 is 0. The first kappa shape index (κ1) is 18.6. The van der Waals surface area contributed by atoms with Crippen molar-refractivity contribution in [3.05, 3.63) is 23.3 Å². The average Bonchev–Trinajstić information content (AvgIpc) is 2.83. The van der Waals surface area contributed by atoms with Crippen molar-refractivity contribution in [3.8, 4) is 11.5 Å². The summed E-state index contributed by atoms with van der Waals surface area (Å²) in [5, 5.41) is 20.3. The first-order chi connectivity index (χ1) is 11.7. The number of aromatic hydroxyl groups is 2. The smallest absolute Gasteiger partial charge is 0.123 e. The van der Waals surface area contributed by atoms with Crippen molar-refractivity contribution < 1.29 is 10.2 Å². The molecule has 2 aliphatic carbocycles. The first-order valence-electron chi connectivity index (χ1n) is 10.0. The van der Waals surface area contributed by atoms with Crippen LogP contribution in [0, 0.1) is 17.3 Å². The highest BCUT2D eigenvalue weighted by Gasteiger charge is 2.51. The predicted molar refractivity (Wildman–Crippen MR) is 103 cm³/mol. The molecular formula is C22H35NO2. The van der Waals surface area contributed by atoms with Crippen LogP contribution in [0.25, 0.3) is 0 Å². The highest BCUT2D eigenvalue weighted by Crippen LogP contribution is 2.58. The van der Waals surface area contributed by atoms with Crippen molar-refractivity contribution >= 4 is 0 Å². The summed E-state index contributed by atoms with van der Waals surface area (Å²) in [4.78, 5) is 0. The Balaban J connectivity index is 1.81. The molecule has 3 nitrogen and oxygen atoms in total. The molecule has 2 aliphatic rings. The zero-order valence-corrected chi connectivity index (χ0v) is 16.3. The van der Waals surface area contributed by atoms with Crippen LogP contribution in [0.15, 0.2) is 12.1 Å². The lowest BCUT2D eigenvalue weighted by atomic mass is 9.57. The number of phenols is 2. The lowest BCUT2D eigenvalue weighted by Gasteiger charge is -2.48. The molecular weight excluding hydrogens is 310 g/mol. The third-order valence-electron chi connectivity index (χ3n) is 7.58. The van der Waals surface area contributed by atoms with E-state index in [1.807, 2.05) is 6.07 Å². The summed E-state index contributed by atoms with van der Waals surface area (Å²) in [6, 6.07) is 3.61. The molecule has 0 amide bonds. The Kier molecular flexibility index (Phi) is 4.83. The fraction of sp³-hybridized carbons (Fsp3) is 0.727. The molecule has 140 valence electrons. The molecule has 1 aromatic rings. The Morgan fingerprint density at radius 3 is 2.72 bits per heavy atom. The van der Waals surface area contributed by atoms with Crippen LogP contribution in [0.1, 0.15) is 77.3 Å². The van der Waals surface area contributed by atoms with Gasteiger partial charge >= 0.3 is 0 Å².